The van der Waals surface area contributed by atoms with Crippen molar-refractivity contribution in [2.45, 2.75) is 44.7 Å². The number of phenolic OH excluding ortho intramolecular Hbond substituents is 1. The van der Waals surface area contributed by atoms with Gasteiger partial charge in [0.2, 0.25) is 0 Å². The van der Waals surface area contributed by atoms with Crippen molar-refractivity contribution in [2.75, 3.05) is 7.05 Å². The Morgan fingerprint density at radius 2 is 2.10 bits per heavy atom. The van der Waals surface area contributed by atoms with Gasteiger partial charge in [0.25, 0.3) is 0 Å². The summed E-state index contributed by atoms with van der Waals surface area (Å²) in [6.45, 7) is 0.257. The van der Waals surface area contributed by atoms with E-state index in [4.69, 9.17) is 5.11 Å². The first-order valence-electron chi connectivity index (χ1n) is 7.06. The summed E-state index contributed by atoms with van der Waals surface area (Å²) in [5.74, 6) is -1.04. The van der Waals surface area contributed by atoms with Crippen molar-refractivity contribution in [3.8, 4) is 5.75 Å². The van der Waals surface area contributed by atoms with E-state index >= 15 is 0 Å². The maximum Gasteiger partial charge on any atom is 0.317 e. The van der Waals surface area contributed by atoms with Crippen LogP contribution in [-0.2, 0) is 6.54 Å². The van der Waals surface area contributed by atoms with Gasteiger partial charge in [-0.1, -0.05) is 25.3 Å². The molecule has 0 unspecified atom stereocenters. The number of nitrogens with one attached hydrogen (secondary N) is 1. The van der Waals surface area contributed by atoms with E-state index in [1.54, 1.807) is 11.0 Å². The zero-order valence-electron chi connectivity index (χ0n) is 11.7. The van der Waals surface area contributed by atoms with Gasteiger partial charge in [-0.3, -0.25) is 0 Å². The van der Waals surface area contributed by atoms with Crippen LogP contribution in [-0.4, -0.2) is 29.1 Å². The molecule has 4 nitrogen and oxygen atoms in total. The second kappa shape index (κ2) is 6.59. The molecule has 0 atom stereocenters. The summed E-state index contributed by atoms with van der Waals surface area (Å²) in [7, 11) is 1.81. The van der Waals surface area contributed by atoms with E-state index < -0.39 is 5.82 Å². The standard InChI is InChI=1S/C15H21FN2O2/c1-18(12-5-3-2-4-6-12)15(20)17-10-11-7-8-14(19)13(16)9-11/h7-9,12,19H,2-6,10H2,1H3,(H,17,20). The van der Waals surface area contributed by atoms with E-state index in [9.17, 15) is 9.18 Å². The number of urea groups is 1. The predicted octanol–water partition coefficient (Wildman–Crippen LogP) is 3.01. The summed E-state index contributed by atoms with van der Waals surface area (Å²) >= 11 is 0. The van der Waals surface area contributed by atoms with Crippen LogP contribution in [0.25, 0.3) is 0 Å². The van der Waals surface area contributed by atoms with Gasteiger partial charge in [0.15, 0.2) is 11.6 Å². The Morgan fingerprint density at radius 1 is 1.40 bits per heavy atom. The minimum atomic E-state index is -0.669. The third-order valence-electron chi connectivity index (χ3n) is 3.90. The van der Waals surface area contributed by atoms with Crippen molar-refractivity contribution in [3.63, 3.8) is 0 Å². The molecule has 0 radical (unpaired) electrons. The Balaban J connectivity index is 1.86. The summed E-state index contributed by atoms with van der Waals surface area (Å²) in [5.41, 5.74) is 0.630. The molecular formula is C15H21FN2O2. The number of hydrogen-bond acceptors (Lipinski definition) is 2. The molecular weight excluding hydrogens is 259 g/mol. The Hall–Kier alpha value is -1.78. The highest BCUT2D eigenvalue weighted by atomic mass is 19.1. The highest BCUT2D eigenvalue weighted by Crippen LogP contribution is 2.21. The van der Waals surface area contributed by atoms with E-state index in [2.05, 4.69) is 5.32 Å². The van der Waals surface area contributed by atoms with Crippen LogP contribution in [0.2, 0.25) is 0 Å². The van der Waals surface area contributed by atoms with Crippen molar-refractivity contribution in [1.29, 1.82) is 0 Å². The second-order valence-electron chi connectivity index (χ2n) is 5.35. The average molecular weight is 280 g/mol. The van der Waals surface area contributed by atoms with Crippen molar-refractivity contribution in [1.82, 2.24) is 10.2 Å². The number of carbonyl (C=O) groups is 1. The van der Waals surface area contributed by atoms with Crippen LogP contribution >= 0.6 is 0 Å². The van der Waals surface area contributed by atoms with E-state index in [1.807, 2.05) is 7.05 Å². The zero-order valence-corrected chi connectivity index (χ0v) is 11.7. The first kappa shape index (κ1) is 14.6. The van der Waals surface area contributed by atoms with Crippen LogP contribution in [0.1, 0.15) is 37.7 Å². The number of phenols is 1. The predicted molar refractivity (Wildman–Crippen MR) is 74.9 cm³/mol. The number of rotatable bonds is 3. The van der Waals surface area contributed by atoms with E-state index in [0.29, 0.717) is 11.6 Å². The van der Waals surface area contributed by atoms with Crippen LogP contribution in [0.15, 0.2) is 18.2 Å². The molecule has 2 rings (SSSR count). The molecule has 0 bridgehead atoms. The normalized spacial score (nSPS) is 15.9. The molecule has 0 aromatic heterocycles. The number of benzene rings is 1. The number of carbonyl (C=O) groups excluding carboxylic acids is 1. The maximum absolute atomic E-state index is 13.2. The number of hydrogen-bond donors (Lipinski definition) is 2. The summed E-state index contributed by atoms with van der Waals surface area (Å²) in [5, 5.41) is 11.9. The van der Waals surface area contributed by atoms with Crippen molar-refractivity contribution in [3.05, 3.63) is 29.6 Å². The van der Waals surface area contributed by atoms with Crippen LogP contribution in [0.5, 0.6) is 5.75 Å². The van der Waals surface area contributed by atoms with E-state index in [0.717, 1.165) is 12.8 Å². The molecule has 5 heteroatoms. The molecule has 0 saturated heterocycles. The Morgan fingerprint density at radius 3 is 2.75 bits per heavy atom. The monoisotopic (exact) mass is 280 g/mol. The van der Waals surface area contributed by atoms with Crippen LogP contribution in [0, 0.1) is 5.82 Å². The Kier molecular flexibility index (Phi) is 4.82. The lowest BCUT2D eigenvalue weighted by Crippen LogP contribution is -2.44. The highest BCUT2D eigenvalue weighted by molar-refractivity contribution is 5.74. The lowest BCUT2D eigenvalue weighted by atomic mass is 9.95. The second-order valence-corrected chi connectivity index (χ2v) is 5.35. The summed E-state index contributed by atoms with van der Waals surface area (Å²) in [6, 6.07) is 4.29. The molecule has 2 amide bonds. The van der Waals surface area contributed by atoms with Gasteiger partial charge in [-0.05, 0) is 30.5 Å². The first-order chi connectivity index (χ1) is 9.58. The first-order valence-corrected chi connectivity index (χ1v) is 7.06. The van der Waals surface area contributed by atoms with Crippen LogP contribution in [0.3, 0.4) is 0 Å². The van der Waals surface area contributed by atoms with Gasteiger partial charge in [0.1, 0.15) is 0 Å². The van der Waals surface area contributed by atoms with Gasteiger partial charge in [-0.2, -0.15) is 0 Å². The Bertz CT molecular complexity index is 473. The van der Waals surface area contributed by atoms with Gasteiger partial charge in [-0.15, -0.1) is 0 Å². The molecule has 2 N–H and O–H groups in total. The molecule has 110 valence electrons. The minimum Gasteiger partial charge on any atom is -0.505 e. The summed E-state index contributed by atoms with van der Waals surface area (Å²) < 4.78 is 13.2. The zero-order chi connectivity index (χ0) is 14.5. The number of aromatic hydroxyl groups is 1. The van der Waals surface area contributed by atoms with Gasteiger partial charge >= 0.3 is 6.03 Å². The van der Waals surface area contributed by atoms with E-state index in [1.165, 1.54) is 31.4 Å². The Labute approximate surface area is 118 Å². The fourth-order valence-electron chi connectivity index (χ4n) is 2.60. The summed E-state index contributed by atoms with van der Waals surface area (Å²) in [4.78, 5) is 13.8. The lowest BCUT2D eigenvalue weighted by molar-refractivity contribution is 0.173. The molecule has 1 aromatic rings. The van der Waals surface area contributed by atoms with Gasteiger partial charge in [-0.25, -0.2) is 9.18 Å². The lowest BCUT2D eigenvalue weighted by Gasteiger charge is -2.31. The van der Waals surface area contributed by atoms with Gasteiger partial charge < -0.3 is 15.3 Å². The third-order valence-corrected chi connectivity index (χ3v) is 3.90. The molecule has 1 aromatic carbocycles. The molecule has 20 heavy (non-hydrogen) atoms. The van der Waals surface area contributed by atoms with Crippen LogP contribution in [0.4, 0.5) is 9.18 Å². The maximum atomic E-state index is 13.2. The topological polar surface area (TPSA) is 52.6 Å². The fraction of sp³-hybridized carbons (Fsp3) is 0.533. The third kappa shape index (κ3) is 3.62. The van der Waals surface area contributed by atoms with E-state index in [-0.39, 0.29) is 18.3 Å². The molecule has 0 heterocycles. The molecule has 0 spiro atoms. The van der Waals surface area contributed by atoms with Gasteiger partial charge in [0, 0.05) is 19.6 Å². The smallest absolute Gasteiger partial charge is 0.317 e. The number of halogens is 1. The number of amides is 2. The fourth-order valence-corrected chi connectivity index (χ4v) is 2.60. The molecule has 0 aliphatic heterocycles. The van der Waals surface area contributed by atoms with Crippen molar-refractivity contribution >= 4 is 6.03 Å². The minimum absolute atomic E-state index is 0.134. The molecule has 1 fully saturated rings. The summed E-state index contributed by atoms with van der Waals surface area (Å²) in [6.07, 6.45) is 5.70. The van der Waals surface area contributed by atoms with Crippen molar-refractivity contribution < 1.29 is 14.3 Å². The molecule has 1 saturated carbocycles. The average Bonchev–Trinajstić information content (AvgIpc) is 2.48. The molecule has 1 aliphatic rings. The largest absolute Gasteiger partial charge is 0.505 e. The SMILES string of the molecule is CN(C(=O)NCc1ccc(O)c(F)c1)C1CCCCC1. The van der Waals surface area contributed by atoms with Crippen LogP contribution < -0.4 is 5.32 Å². The van der Waals surface area contributed by atoms with Crippen molar-refractivity contribution in [2.24, 2.45) is 0 Å². The quantitative estimate of drug-likeness (QED) is 0.894. The number of nitrogens with zero attached hydrogens (tertiary/aromatic N) is 1. The molecule has 1 aliphatic carbocycles. The van der Waals surface area contributed by atoms with Gasteiger partial charge in [0.05, 0.1) is 0 Å². The highest BCUT2D eigenvalue weighted by Gasteiger charge is 2.21.